The van der Waals surface area contributed by atoms with E-state index in [9.17, 15) is 9.90 Å². The molecule has 1 N–H and O–H groups in total. The van der Waals surface area contributed by atoms with Crippen molar-refractivity contribution in [3.8, 4) is 0 Å². The molecule has 0 saturated heterocycles. The Bertz CT molecular complexity index is 407. The monoisotopic (exact) mass is 269 g/mol. The summed E-state index contributed by atoms with van der Waals surface area (Å²) < 4.78 is 0. The van der Waals surface area contributed by atoms with Gasteiger partial charge in [0, 0.05) is 11.6 Å². The predicted molar refractivity (Wildman–Crippen MR) is 73.8 cm³/mol. The molecular weight excluding hydrogens is 250 g/mol. The van der Waals surface area contributed by atoms with E-state index < -0.39 is 12.0 Å². The number of halogens is 1. The molecular formula is C14H20ClNO2. The van der Waals surface area contributed by atoms with E-state index in [1.807, 2.05) is 50.1 Å². The lowest BCUT2D eigenvalue weighted by molar-refractivity contribution is -0.143. The van der Waals surface area contributed by atoms with Gasteiger partial charge in [-0.05, 0) is 37.1 Å². The molecule has 1 unspecified atom stereocenters. The number of hydrogen-bond donors (Lipinski definition) is 1. The second-order valence-electron chi connectivity index (χ2n) is 5.03. The molecule has 1 aromatic rings. The summed E-state index contributed by atoms with van der Waals surface area (Å²) in [4.78, 5) is 13.1. The zero-order valence-corrected chi connectivity index (χ0v) is 11.8. The van der Waals surface area contributed by atoms with Gasteiger partial charge in [-0.25, -0.2) is 0 Å². The molecule has 100 valence electrons. The molecule has 0 aliphatic carbocycles. The van der Waals surface area contributed by atoms with Gasteiger partial charge in [0.2, 0.25) is 0 Å². The summed E-state index contributed by atoms with van der Waals surface area (Å²) in [6.07, 6.45) is 0.645. The number of aliphatic carboxylic acids is 1. The Morgan fingerprint density at radius 2 is 2.11 bits per heavy atom. The van der Waals surface area contributed by atoms with Crippen LogP contribution in [-0.2, 0) is 11.3 Å². The fourth-order valence-electron chi connectivity index (χ4n) is 1.95. The van der Waals surface area contributed by atoms with Crippen LogP contribution >= 0.6 is 11.6 Å². The van der Waals surface area contributed by atoms with Gasteiger partial charge >= 0.3 is 5.97 Å². The largest absolute Gasteiger partial charge is 0.480 e. The van der Waals surface area contributed by atoms with E-state index in [4.69, 9.17) is 11.6 Å². The quantitative estimate of drug-likeness (QED) is 0.862. The number of carboxylic acids is 1. The van der Waals surface area contributed by atoms with Crippen molar-refractivity contribution in [2.75, 3.05) is 7.05 Å². The number of carboxylic acid groups (broad SMARTS) is 1. The van der Waals surface area contributed by atoms with Crippen molar-refractivity contribution >= 4 is 17.6 Å². The number of nitrogens with zero attached hydrogens (tertiary/aromatic N) is 1. The van der Waals surface area contributed by atoms with Crippen LogP contribution in [0.25, 0.3) is 0 Å². The molecule has 0 aliphatic heterocycles. The summed E-state index contributed by atoms with van der Waals surface area (Å²) in [5, 5.41) is 9.93. The molecule has 0 aliphatic rings. The molecule has 1 aromatic carbocycles. The third-order valence-electron chi connectivity index (χ3n) is 2.83. The van der Waals surface area contributed by atoms with Crippen molar-refractivity contribution in [1.29, 1.82) is 0 Å². The minimum absolute atomic E-state index is 0.355. The summed E-state index contributed by atoms with van der Waals surface area (Å²) in [6.45, 7) is 4.65. The number of benzene rings is 1. The number of hydrogen-bond acceptors (Lipinski definition) is 2. The van der Waals surface area contributed by atoms with Gasteiger partial charge in [0.15, 0.2) is 0 Å². The van der Waals surface area contributed by atoms with Crippen LogP contribution in [0.2, 0.25) is 5.02 Å². The SMILES string of the molecule is CC(C)CC(C(=O)O)N(C)Cc1cccc(Cl)c1. The van der Waals surface area contributed by atoms with Crippen molar-refractivity contribution in [2.45, 2.75) is 32.9 Å². The van der Waals surface area contributed by atoms with Gasteiger partial charge in [0.1, 0.15) is 6.04 Å². The van der Waals surface area contributed by atoms with Crippen LogP contribution in [0.5, 0.6) is 0 Å². The van der Waals surface area contributed by atoms with E-state index in [0.717, 1.165) is 5.56 Å². The smallest absolute Gasteiger partial charge is 0.320 e. The molecule has 3 nitrogen and oxygen atoms in total. The maximum Gasteiger partial charge on any atom is 0.320 e. The van der Waals surface area contributed by atoms with Crippen LogP contribution < -0.4 is 0 Å². The highest BCUT2D eigenvalue weighted by atomic mass is 35.5. The van der Waals surface area contributed by atoms with Crippen LogP contribution in [-0.4, -0.2) is 29.1 Å². The Morgan fingerprint density at radius 1 is 1.44 bits per heavy atom. The van der Waals surface area contributed by atoms with E-state index >= 15 is 0 Å². The first-order valence-electron chi connectivity index (χ1n) is 6.07. The first-order valence-corrected chi connectivity index (χ1v) is 6.45. The van der Waals surface area contributed by atoms with Crippen molar-refractivity contribution in [3.05, 3.63) is 34.9 Å². The summed E-state index contributed by atoms with van der Waals surface area (Å²) in [7, 11) is 1.84. The molecule has 0 radical (unpaired) electrons. The molecule has 0 bridgehead atoms. The van der Waals surface area contributed by atoms with Crippen LogP contribution in [0.3, 0.4) is 0 Å². The van der Waals surface area contributed by atoms with Crippen molar-refractivity contribution in [1.82, 2.24) is 4.90 Å². The first kappa shape index (κ1) is 15.0. The van der Waals surface area contributed by atoms with Gasteiger partial charge in [0.25, 0.3) is 0 Å². The Balaban J connectivity index is 2.72. The second-order valence-corrected chi connectivity index (χ2v) is 5.47. The Labute approximate surface area is 113 Å². The molecule has 0 fully saturated rings. The third kappa shape index (κ3) is 4.67. The van der Waals surface area contributed by atoms with Crippen LogP contribution in [0.15, 0.2) is 24.3 Å². The maximum atomic E-state index is 11.3. The molecule has 1 atom stereocenters. The standard InChI is InChI=1S/C14H20ClNO2/c1-10(2)7-13(14(17)18)16(3)9-11-5-4-6-12(15)8-11/h4-6,8,10,13H,7,9H2,1-3H3,(H,17,18). The van der Waals surface area contributed by atoms with E-state index in [1.54, 1.807) is 0 Å². The first-order chi connectivity index (χ1) is 8.40. The van der Waals surface area contributed by atoms with Crippen LogP contribution in [0.1, 0.15) is 25.8 Å². The average molecular weight is 270 g/mol. The maximum absolute atomic E-state index is 11.3. The second kappa shape index (κ2) is 6.76. The van der Waals surface area contributed by atoms with Gasteiger partial charge in [-0.1, -0.05) is 37.6 Å². The van der Waals surface area contributed by atoms with Crippen molar-refractivity contribution < 1.29 is 9.90 Å². The fourth-order valence-corrected chi connectivity index (χ4v) is 2.16. The third-order valence-corrected chi connectivity index (χ3v) is 3.07. The molecule has 1 rings (SSSR count). The minimum Gasteiger partial charge on any atom is -0.480 e. The molecule has 4 heteroatoms. The summed E-state index contributed by atoms with van der Waals surface area (Å²) in [5.41, 5.74) is 1.03. The van der Waals surface area contributed by atoms with E-state index in [-0.39, 0.29) is 0 Å². The fraction of sp³-hybridized carbons (Fsp3) is 0.500. The minimum atomic E-state index is -0.770. The lowest BCUT2D eigenvalue weighted by Gasteiger charge is -2.26. The highest BCUT2D eigenvalue weighted by Crippen LogP contribution is 2.16. The molecule has 0 amide bonds. The van der Waals surface area contributed by atoms with Crippen molar-refractivity contribution in [2.24, 2.45) is 5.92 Å². The summed E-state index contributed by atoms with van der Waals surface area (Å²) in [5.74, 6) is -0.416. The predicted octanol–water partition coefficient (Wildman–Crippen LogP) is 3.27. The topological polar surface area (TPSA) is 40.5 Å². The highest BCUT2D eigenvalue weighted by Gasteiger charge is 2.23. The summed E-state index contributed by atoms with van der Waals surface area (Å²) in [6, 6.07) is 7.06. The number of likely N-dealkylation sites (N-methyl/N-ethyl adjacent to an activating group) is 1. The van der Waals surface area contributed by atoms with Gasteiger partial charge in [-0.3, -0.25) is 9.69 Å². The Morgan fingerprint density at radius 3 is 2.61 bits per heavy atom. The zero-order chi connectivity index (χ0) is 13.7. The van der Waals surface area contributed by atoms with Gasteiger partial charge in [0.05, 0.1) is 0 Å². The van der Waals surface area contributed by atoms with E-state index in [1.165, 1.54) is 0 Å². The molecule has 0 spiro atoms. The van der Waals surface area contributed by atoms with E-state index in [2.05, 4.69) is 0 Å². The molecule has 0 heterocycles. The zero-order valence-electron chi connectivity index (χ0n) is 11.1. The van der Waals surface area contributed by atoms with Crippen LogP contribution in [0.4, 0.5) is 0 Å². The van der Waals surface area contributed by atoms with Gasteiger partial charge in [-0.15, -0.1) is 0 Å². The van der Waals surface area contributed by atoms with Gasteiger partial charge in [-0.2, -0.15) is 0 Å². The Hall–Kier alpha value is -1.06. The van der Waals surface area contributed by atoms with Gasteiger partial charge < -0.3 is 5.11 Å². The number of carbonyl (C=O) groups is 1. The lowest BCUT2D eigenvalue weighted by atomic mass is 10.0. The molecule has 0 aromatic heterocycles. The molecule has 18 heavy (non-hydrogen) atoms. The van der Waals surface area contributed by atoms with E-state index in [0.29, 0.717) is 23.9 Å². The normalized spacial score (nSPS) is 13.0. The number of rotatable bonds is 6. The lowest BCUT2D eigenvalue weighted by Crippen LogP contribution is -2.39. The highest BCUT2D eigenvalue weighted by molar-refractivity contribution is 6.30. The molecule has 0 saturated carbocycles. The summed E-state index contributed by atoms with van der Waals surface area (Å²) >= 11 is 5.92. The van der Waals surface area contributed by atoms with Crippen molar-refractivity contribution in [3.63, 3.8) is 0 Å². The average Bonchev–Trinajstić information content (AvgIpc) is 2.25. The Kier molecular flexibility index (Phi) is 5.63. The van der Waals surface area contributed by atoms with Crippen LogP contribution in [0, 0.1) is 5.92 Å².